The molecule has 0 spiro atoms. The number of carbonyl (C=O) groups excluding carboxylic acids is 1. The Kier molecular flexibility index (Phi) is 6.11. The smallest absolute Gasteiger partial charge is 0.319 e. The van der Waals surface area contributed by atoms with Gasteiger partial charge in [0.15, 0.2) is 0 Å². The summed E-state index contributed by atoms with van der Waals surface area (Å²) in [6, 6.07) is 7.06. The molecular formula is C14H13Cl2N3O3S2. The molecule has 0 aliphatic rings. The average molecular weight is 406 g/mol. The van der Waals surface area contributed by atoms with Crippen LogP contribution in [0.3, 0.4) is 0 Å². The van der Waals surface area contributed by atoms with Gasteiger partial charge in [0.25, 0.3) is 10.0 Å². The van der Waals surface area contributed by atoms with Gasteiger partial charge in [0.2, 0.25) is 0 Å². The van der Waals surface area contributed by atoms with Crippen LogP contribution in [0.15, 0.2) is 47.9 Å². The third-order valence-electron chi connectivity index (χ3n) is 2.72. The number of nitrogens with one attached hydrogen (secondary N) is 3. The molecule has 1 heterocycles. The van der Waals surface area contributed by atoms with Gasteiger partial charge in [-0.25, -0.2) is 13.2 Å². The maximum absolute atomic E-state index is 12.3. The summed E-state index contributed by atoms with van der Waals surface area (Å²) in [6.07, 6.45) is 1.55. The number of hydrogen-bond donors (Lipinski definition) is 3. The summed E-state index contributed by atoms with van der Waals surface area (Å²) in [6.45, 7) is 3.83. The topological polar surface area (TPSA) is 87.3 Å². The highest BCUT2D eigenvalue weighted by molar-refractivity contribution is 7.93. The quantitative estimate of drug-likeness (QED) is 0.630. The van der Waals surface area contributed by atoms with E-state index in [0.717, 1.165) is 11.3 Å². The van der Waals surface area contributed by atoms with Crippen LogP contribution in [-0.4, -0.2) is 21.0 Å². The molecule has 0 fully saturated rings. The fourth-order valence-electron chi connectivity index (χ4n) is 1.68. The van der Waals surface area contributed by atoms with Crippen molar-refractivity contribution in [1.82, 2.24) is 5.32 Å². The summed E-state index contributed by atoms with van der Waals surface area (Å²) < 4.78 is 27.3. The number of anilines is 2. The third-order valence-corrected chi connectivity index (χ3v) is 5.85. The lowest BCUT2D eigenvalue weighted by Gasteiger charge is -2.09. The molecule has 0 radical (unpaired) electrons. The van der Waals surface area contributed by atoms with Crippen molar-refractivity contribution in [1.29, 1.82) is 0 Å². The van der Waals surface area contributed by atoms with Gasteiger partial charge in [-0.05, 0) is 30.3 Å². The monoisotopic (exact) mass is 405 g/mol. The molecule has 0 saturated carbocycles. The molecular weight excluding hydrogens is 393 g/mol. The van der Waals surface area contributed by atoms with Crippen LogP contribution in [0.1, 0.15) is 0 Å². The van der Waals surface area contributed by atoms with Crippen LogP contribution in [0.5, 0.6) is 0 Å². The van der Waals surface area contributed by atoms with E-state index in [2.05, 4.69) is 21.9 Å². The highest BCUT2D eigenvalue weighted by Crippen LogP contribution is 2.35. The lowest BCUT2D eigenvalue weighted by molar-refractivity contribution is 0.253. The minimum atomic E-state index is -3.84. The molecule has 0 aliphatic heterocycles. The van der Waals surface area contributed by atoms with Crippen LogP contribution in [0, 0.1) is 0 Å². The molecule has 10 heteroatoms. The summed E-state index contributed by atoms with van der Waals surface area (Å²) in [5.41, 5.74) is 0.835. The molecule has 24 heavy (non-hydrogen) atoms. The van der Waals surface area contributed by atoms with Crippen molar-refractivity contribution in [2.45, 2.75) is 4.90 Å². The van der Waals surface area contributed by atoms with Crippen molar-refractivity contribution < 1.29 is 13.2 Å². The molecule has 2 rings (SSSR count). The van der Waals surface area contributed by atoms with Gasteiger partial charge in [-0.15, -0.1) is 17.9 Å². The average Bonchev–Trinajstić information content (AvgIpc) is 2.86. The molecule has 1 aromatic heterocycles. The van der Waals surface area contributed by atoms with Gasteiger partial charge >= 0.3 is 6.03 Å². The van der Waals surface area contributed by atoms with E-state index in [0.29, 0.717) is 17.9 Å². The number of halogens is 2. The Morgan fingerprint density at radius 3 is 2.38 bits per heavy atom. The Balaban J connectivity index is 2.07. The van der Waals surface area contributed by atoms with E-state index in [1.807, 2.05) is 0 Å². The van der Waals surface area contributed by atoms with E-state index >= 15 is 0 Å². The van der Waals surface area contributed by atoms with E-state index in [1.54, 1.807) is 18.2 Å². The fraction of sp³-hybridized carbons (Fsp3) is 0.0714. The van der Waals surface area contributed by atoms with Crippen LogP contribution in [0.4, 0.5) is 16.2 Å². The van der Waals surface area contributed by atoms with Gasteiger partial charge in [-0.3, -0.25) is 4.72 Å². The highest BCUT2D eigenvalue weighted by Gasteiger charge is 2.21. The molecule has 0 unspecified atom stereocenters. The highest BCUT2D eigenvalue weighted by atomic mass is 35.5. The minimum Gasteiger partial charge on any atom is -0.334 e. The van der Waals surface area contributed by atoms with Crippen LogP contribution in [0.25, 0.3) is 0 Å². The normalized spacial score (nSPS) is 10.9. The van der Waals surface area contributed by atoms with Gasteiger partial charge in [0.05, 0.1) is 4.34 Å². The van der Waals surface area contributed by atoms with Crippen molar-refractivity contribution in [2.75, 3.05) is 16.6 Å². The second-order valence-corrected chi connectivity index (χ2v) is 8.43. The SMILES string of the molecule is C=CCNC(=O)Nc1ccc(NS(=O)(=O)c2cc(Cl)sc2Cl)cc1. The van der Waals surface area contributed by atoms with Crippen molar-refractivity contribution >= 4 is 62.0 Å². The van der Waals surface area contributed by atoms with Gasteiger partial charge < -0.3 is 10.6 Å². The molecule has 0 bridgehead atoms. The number of rotatable bonds is 6. The largest absolute Gasteiger partial charge is 0.334 e. The lowest BCUT2D eigenvalue weighted by atomic mass is 10.3. The Hall–Kier alpha value is -1.74. The maximum atomic E-state index is 12.3. The fourth-order valence-corrected chi connectivity index (χ4v) is 4.89. The molecule has 2 aromatic rings. The Morgan fingerprint density at radius 2 is 1.83 bits per heavy atom. The Morgan fingerprint density at radius 1 is 1.21 bits per heavy atom. The zero-order valence-corrected chi connectivity index (χ0v) is 15.3. The van der Waals surface area contributed by atoms with Gasteiger partial charge in [0.1, 0.15) is 9.23 Å². The summed E-state index contributed by atoms with van der Waals surface area (Å²) in [5, 5.41) is 5.16. The molecule has 0 atom stereocenters. The number of sulfonamides is 1. The number of thiophene rings is 1. The maximum Gasteiger partial charge on any atom is 0.319 e. The summed E-state index contributed by atoms with van der Waals surface area (Å²) in [5.74, 6) is 0. The van der Waals surface area contributed by atoms with E-state index in [-0.39, 0.29) is 19.6 Å². The van der Waals surface area contributed by atoms with Crippen LogP contribution < -0.4 is 15.4 Å². The number of amides is 2. The van der Waals surface area contributed by atoms with Crippen LogP contribution in [-0.2, 0) is 10.0 Å². The molecule has 128 valence electrons. The van der Waals surface area contributed by atoms with Gasteiger partial charge in [-0.1, -0.05) is 29.3 Å². The first-order valence-corrected chi connectivity index (χ1v) is 9.61. The van der Waals surface area contributed by atoms with E-state index in [1.165, 1.54) is 18.2 Å². The molecule has 6 nitrogen and oxygen atoms in total. The van der Waals surface area contributed by atoms with Crippen molar-refractivity contribution in [2.24, 2.45) is 0 Å². The lowest BCUT2D eigenvalue weighted by Crippen LogP contribution is -2.28. The van der Waals surface area contributed by atoms with Crippen molar-refractivity contribution in [3.8, 4) is 0 Å². The summed E-state index contributed by atoms with van der Waals surface area (Å²) in [4.78, 5) is 11.4. The predicted octanol–water partition coefficient (Wildman–Crippen LogP) is 4.16. The van der Waals surface area contributed by atoms with Gasteiger partial charge in [-0.2, -0.15) is 0 Å². The van der Waals surface area contributed by atoms with E-state index in [4.69, 9.17) is 23.2 Å². The second kappa shape index (κ2) is 7.89. The number of benzene rings is 1. The molecule has 0 saturated heterocycles. The Bertz CT molecular complexity index is 849. The van der Waals surface area contributed by atoms with Crippen LogP contribution >= 0.6 is 34.5 Å². The number of urea groups is 1. The summed E-state index contributed by atoms with van der Waals surface area (Å²) >= 11 is 12.6. The first-order chi connectivity index (χ1) is 11.3. The van der Waals surface area contributed by atoms with Crippen molar-refractivity contribution in [3.63, 3.8) is 0 Å². The molecule has 0 aliphatic carbocycles. The van der Waals surface area contributed by atoms with E-state index < -0.39 is 10.0 Å². The van der Waals surface area contributed by atoms with Gasteiger partial charge in [0, 0.05) is 17.9 Å². The summed E-state index contributed by atoms with van der Waals surface area (Å²) in [7, 11) is -3.84. The van der Waals surface area contributed by atoms with Crippen LogP contribution in [0.2, 0.25) is 8.67 Å². The zero-order valence-electron chi connectivity index (χ0n) is 12.2. The molecule has 3 N–H and O–H groups in total. The first kappa shape index (κ1) is 18.6. The second-order valence-electron chi connectivity index (χ2n) is 4.50. The first-order valence-electron chi connectivity index (χ1n) is 6.55. The standard InChI is InChI=1S/C14H13Cl2N3O3S2/c1-2-7-17-14(20)18-9-3-5-10(6-4-9)19-24(21,22)11-8-12(15)23-13(11)16/h2-6,8,19H,1,7H2,(H2,17,18,20). The number of hydrogen-bond acceptors (Lipinski definition) is 4. The van der Waals surface area contributed by atoms with Crippen molar-refractivity contribution in [3.05, 3.63) is 51.7 Å². The Labute approximate surface area is 153 Å². The zero-order chi connectivity index (χ0) is 17.7. The predicted molar refractivity (Wildman–Crippen MR) is 98.8 cm³/mol. The molecule has 1 aromatic carbocycles. The molecule has 2 amide bonds. The number of carbonyl (C=O) groups is 1. The van der Waals surface area contributed by atoms with E-state index in [9.17, 15) is 13.2 Å². The minimum absolute atomic E-state index is 0.0785. The third kappa shape index (κ3) is 4.88.